The molecule has 2 heterocycles. The van der Waals surface area contributed by atoms with E-state index >= 15 is 0 Å². The molecular weight excluding hydrogens is 230 g/mol. The maximum absolute atomic E-state index is 11.4. The van der Waals surface area contributed by atoms with Gasteiger partial charge in [0.05, 0.1) is 12.9 Å². The summed E-state index contributed by atoms with van der Waals surface area (Å²) < 4.78 is 10.1. The smallest absolute Gasteiger partial charge is 0.374 e. The molecule has 1 aromatic rings. The molecule has 1 fully saturated rings. The minimum absolute atomic E-state index is 0. The Morgan fingerprint density at radius 1 is 1.50 bits per heavy atom. The third kappa shape index (κ3) is 3.54. The largest absolute Gasteiger partial charge is 0.460 e. The molecule has 90 valence electrons. The molecule has 1 aliphatic heterocycles. The summed E-state index contributed by atoms with van der Waals surface area (Å²) in [4.78, 5) is 11.4. The Hall–Kier alpha value is -1.00. The van der Waals surface area contributed by atoms with Gasteiger partial charge in [-0.25, -0.2) is 4.79 Å². The number of rotatable bonds is 3. The summed E-state index contributed by atoms with van der Waals surface area (Å²) in [5, 5.41) is 3.27. The van der Waals surface area contributed by atoms with E-state index in [0.717, 1.165) is 25.9 Å². The van der Waals surface area contributed by atoms with Crippen molar-refractivity contribution in [1.82, 2.24) is 5.32 Å². The zero-order chi connectivity index (χ0) is 10.5. The predicted octanol–water partition coefficient (Wildman–Crippen LogP) is 1.86. The number of esters is 1. The van der Waals surface area contributed by atoms with Gasteiger partial charge in [-0.3, -0.25) is 0 Å². The van der Waals surface area contributed by atoms with Crippen LogP contribution in [0, 0.1) is 5.92 Å². The van der Waals surface area contributed by atoms with Crippen LogP contribution in [-0.4, -0.2) is 25.7 Å². The van der Waals surface area contributed by atoms with Crippen molar-refractivity contribution in [2.24, 2.45) is 5.92 Å². The summed E-state index contributed by atoms with van der Waals surface area (Å²) in [5.41, 5.74) is 0. The van der Waals surface area contributed by atoms with Gasteiger partial charge in [-0.15, -0.1) is 12.4 Å². The quantitative estimate of drug-likeness (QED) is 0.826. The van der Waals surface area contributed by atoms with Crippen molar-refractivity contribution in [1.29, 1.82) is 0 Å². The lowest BCUT2D eigenvalue weighted by Crippen LogP contribution is -2.30. The summed E-state index contributed by atoms with van der Waals surface area (Å²) in [5.74, 6) is 0.410. The highest BCUT2D eigenvalue weighted by atomic mass is 35.5. The number of halogens is 1. The van der Waals surface area contributed by atoms with Gasteiger partial charge in [0.15, 0.2) is 0 Å². The number of hydrogen-bond acceptors (Lipinski definition) is 4. The molecule has 1 aliphatic rings. The first-order valence-electron chi connectivity index (χ1n) is 5.27. The Morgan fingerprint density at radius 2 is 2.25 bits per heavy atom. The van der Waals surface area contributed by atoms with Crippen LogP contribution in [0.15, 0.2) is 22.8 Å². The van der Waals surface area contributed by atoms with Gasteiger partial charge in [0.2, 0.25) is 5.76 Å². The molecule has 2 rings (SSSR count). The van der Waals surface area contributed by atoms with Crippen LogP contribution in [0.5, 0.6) is 0 Å². The molecule has 0 aromatic carbocycles. The monoisotopic (exact) mass is 245 g/mol. The molecule has 5 heteroatoms. The van der Waals surface area contributed by atoms with Gasteiger partial charge in [-0.05, 0) is 44.0 Å². The Bertz CT molecular complexity index is 307. The molecule has 0 spiro atoms. The highest BCUT2D eigenvalue weighted by Crippen LogP contribution is 2.13. The minimum atomic E-state index is -0.362. The number of carbonyl (C=O) groups excluding carboxylic acids is 1. The second kappa shape index (κ2) is 6.55. The fourth-order valence-corrected chi connectivity index (χ4v) is 1.71. The Labute approximate surface area is 101 Å². The van der Waals surface area contributed by atoms with E-state index in [-0.39, 0.29) is 24.1 Å². The minimum Gasteiger partial charge on any atom is -0.460 e. The van der Waals surface area contributed by atoms with E-state index < -0.39 is 0 Å². The van der Waals surface area contributed by atoms with E-state index in [1.165, 1.54) is 6.26 Å². The molecule has 1 aromatic heterocycles. The Balaban J connectivity index is 0.00000128. The number of hydrogen-bond donors (Lipinski definition) is 1. The molecule has 1 saturated heterocycles. The molecule has 0 aliphatic carbocycles. The van der Waals surface area contributed by atoms with Gasteiger partial charge in [0.25, 0.3) is 0 Å². The van der Waals surface area contributed by atoms with Crippen molar-refractivity contribution in [2.45, 2.75) is 12.8 Å². The van der Waals surface area contributed by atoms with Gasteiger partial charge >= 0.3 is 5.97 Å². The normalized spacial score (nSPS) is 16.5. The lowest BCUT2D eigenvalue weighted by atomic mass is 9.99. The van der Waals surface area contributed by atoms with Crippen molar-refractivity contribution < 1.29 is 13.9 Å². The van der Waals surface area contributed by atoms with Crippen LogP contribution in [0.25, 0.3) is 0 Å². The van der Waals surface area contributed by atoms with Crippen molar-refractivity contribution in [2.75, 3.05) is 19.7 Å². The third-order valence-electron chi connectivity index (χ3n) is 2.63. The van der Waals surface area contributed by atoms with E-state index in [1.807, 2.05) is 0 Å². The first kappa shape index (κ1) is 13.1. The maximum atomic E-state index is 11.4. The van der Waals surface area contributed by atoms with Crippen LogP contribution in [-0.2, 0) is 4.74 Å². The number of furan rings is 1. The van der Waals surface area contributed by atoms with Crippen molar-refractivity contribution in [3.8, 4) is 0 Å². The van der Waals surface area contributed by atoms with Crippen LogP contribution in [0.3, 0.4) is 0 Å². The van der Waals surface area contributed by atoms with E-state index in [9.17, 15) is 4.79 Å². The predicted molar refractivity (Wildman–Crippen MR) is 61.8 cm³/mol. The topological polar surface area (TPSA) is 51.5 Å². The van der Waals surface area contributed by atoms with Gasteiger partial charge in [-0.2, -0.15) is 0 Å². The molecule has 4 nitrogen and oxygen atoms in total. The molecule has 0 radical (unpaired) electrons. The first-order chi connectivity index (χ1) is 7.36. The molecule has 1 N–H and O–H groups in total. The number of nitrogens with one attached hydrogen (secondary N) is 1. The number of piperidine rings is 1. The molecule has 0 bridgehead atoms. The lowest BCUT2D eigenvalue weighted by Gasteiger charge is -2.21. The van der Waals surface area contributed by atoms with Gasteiger partial charge in [0.1, 0.15) is 0 Å². The fraction of sp³-hybridized carbons (Fsp3) is 0.545. The van der Waals surface area contributed by atoms with Crippen molar-refractivity contribution in [3.63, 3.8) is 0 Å². The zero-order valence-corrected chi connectivity index (χ0v) is 9.79. The first-order valence-corrected chi connectivity index (χ1v) is 5.27. The second-order valence-electron chi connectivity index (χ2n) is 3.77. The lowest BCUT2D eigenvalue weighted by molar-refractivity contribution is 0.0380. The third-order valence-corrected chi connectivity index (χ3v) is 2.63. The van der Waals surface area contributed by atoms with E-state index in [2.05, 4.69) is 5.32 Å². The molecule has 0 unspecified atom stereocenters. The average molecular weight is 246 g/mol. The maximum Gasteiger partial charge on any atom is 0.374 e. The van der Waals surface area contributed by atoms with Crippen LogP contribution < -0.4 is 5.32 Å². The van der Waals surface area contributed by atoms with E-state index in [0.29, 0.717) is 12.5 Å². The summed E-state index contributed by atoms with van der Waals surface area (Å²) in [6.45, 7) is 2.53. The SMILES string of the molecule is Cl.O=C(OCC1CCNCC1)c1ccco1. The van der Waals surface area contributed by atoms with Gasteiger partial charge in [0, 0.05) is 0 Å². The Morgan fingerprint density at radius 3 is 2.88 bits per heavy atom. The molecule has 0 amide bonds. The second-order valence-corrected chi connectivity index (χ2v) is 3.77. The van der Waals surface area contributed by atoms with Crippen molar-refractivity contribution in [3.05, 3.63) is 24.2 Å². The highest BCUT2D eigenvalue weighted by Gasteiger charge is 2.16. The highest BCUT2D eigenvalue weighted by molar-refractivity contribution is 5.86. The van der Waals surface area contributed by atoms with Gasteiger partial charge in [-0.1, -0.05) is 0 Å². The Kier molecular flexibility index (Phi) is 5.35. The summed E-state index contributed by atoms with van der Waals surface area (Å²) in [6.07, 6.45) is 3.62. The molecule has 16 heavy (non-hydrogen) atoms. The van der Waals surface area contributed by atoms with Gasteiger partial charge < -0.3 is 14.5 Å². The average Bonchev–Trinajstić information content (AvgIpc) is 2.81. The van der Waals surface area contributed by atoms with Crippen LogP contribution in [0.1, 0.15) is 23.4 Å². The summed E-state index contributed by atoms with van der Waals surface area (Å²) in [6, 6.07) is 3.30. The molecular formula is C11H16ClNO3. The number of carbonyl (C=O) groups is 1. The summed E-state index contributed by atoms with van der Waals surface area (Å²) >= 11 is 0. The van der Waals surface area contributed by atoms with Crippen LogP contribution in [0.4, 0.5) is 0 Å². The number of ether oxygens (including phenoxy) is 1. The molecule has 0 saturated carbocycles. The molecule has 0 atom stereocenters. The van der Waals surface area contributed by atoms with Crippen molar-refractivity contribution >= 4 is 18.4 Å². The zero-order valence-electron chi connectivity index (χ0n) is 8.98. The standard InChI is InChI=1S/C11H15NO3.ClH/c13-11(10-2-1-7-14-10)15-8-9-3-5-12-6-4-9;/h1-2,7,9,12H,3-6,8H2;1H. The van der Waals surface area contributed by atoms with Crippen LogP contribution in [0.2, 0.25) is 0 Å². The van der Waals surface area contributed by atoms with Crippen LogP contribution >= 0.6 is 12.4 Å². The summed E-state index contributed by atoms with van der Waals surface area (Å²) in [7, 11) is 0. The van der Waals surface area contributed by atoms with E-state index in [1.54, 1.807) is 12.1 Å². The van der Waals surface area contributed by atoms with E-state index in [4.69, 9.17) is 9.15 Å². The fourth-order valence-electron chi connectivity index (χ4n) is 1.71.